The monoisotopic (exact) mass is 374 g/mol. The van der Waals surface area contributed by atoms with Crippen molar-refractivity contribution in [3.8, 4) is 0 Å². The molecule has 2 aliphatic heterocycles. The van der Waals surface area contributed by atoms with Crippen molar-refractivity contribution < 1.29 is 4.79 Å². The summed E-state index contributed by atoms with van der Waals surface area (Å²) in [6.45, 7) is 9.98. The lowest BCUT2D eigenvalue weighted by molar-refractivity contribution is 0.0496. The van der Waals surface area contributed by atoms with Crippen molar-refractivity contribution in [1.29, 1.82) is 0 Å². The van der Waals surface area contributed by atoms with Gasteiger partial charge in [-0.25, -0.2) is 4.68 Å². The first-order valence-corrected chi connectivity index (χ1v) is 10.8. The Labute approximate surface area is 162 Å². The van der Waals surface area contributed by atoms with Crippen molar-refractivity contribution in [2.75, 3.05) is 39.3 Å². The minimum atomic E-state index is 0.0598. The zero-order valence-electron chi connectivity index (χ0n) is 16.9. The van der Waals surface area contributed by atoms with Gasteiger partial charge in [-0.3, -0.25) is 9.69 Å². The molecule has 1 aromatic heterocycles. The van der Waals surface area contributed by atoms with Crippen LogP contribution in [0.2, 0.25) is 0 Å². The number of amides is 1. The smallest absolute Gasteiger partial charge is 0.276 e. The van der Waals surface area contributed by atoms with Gasteiger partial charge in [0.15, 0.2) is 5.69 Å². The minimum Gasteiger partial charge on any atom is -0.335 e. The Bertz CT molecular complexity index is 637. The predicted molar refractivity (Wildman–Crippen MR) is 105 cm³/mol. The molecule has 1 amide bonds. The van der Waals surface area contributed by atoms with Crippen molar-refractivity contribution >= 4 is 5.91 Å². The second kappa shape index (κ2) is 8.27. The summed E-state index contributed by atoms with van der Waals surface area (Å²) in [6, 6.07) is 1.09. The fourth-order valence-corrected chi connectivity index (χ4v) is 4.98. The van der Waals surface area contributed by atoms with Gasteiger partial charge in [-0.1, -0.05) is 12.1 Å². The number of hydrogen-bond donors (Lipinski definition) is 1. The highest BCUT2D eigenvalue weighted by molar-refractivity contribution is 5.93. The summed E-state index contributed by atoms with van der Waals surface area (Å²) < 4.78 is 1.98. The zero-order chi connectivity index (χ0) is 18.8. The van der Waals surface area contributed by atoms with E-state index >= 15 is 0 Å². The number of rotatable bonds is 3. The highest BCUT2D eigenvalue weighted by Crippen LogP contribution is 2.28. The number of carbonyl (C=O) groups excluding carboxylic acids is 1. The van der Waals surface area contributed by atoms with Crippen LogP contribution in [0.15, 0.2) is 0 Å². The van der Waals surface area contributed by atoms with Crippen molar-refractivity contribution in [3.63, 3.8) is 0 Å². The Hall–Kier alpha value is -1.47. The lowest BCUT2D eigenvalue weighted by atomic mass is 9.86. The summed E-state index contributed by atoms with van der Waals surface area (Å²) in [7, 11) is 0. The highest BCUT2D eigenvalue weighted by atomic mass is 16.2. The molecule has 3 fully saturated rings. The van der Waals surface area contributed by atoms with Gasteiger partial charge in [0, 0.05) is 32.2 Å². The molecule has 1 aromatic rings. The topological polar surface area (TPSA) is 66.3 Å². The molecule has 0 radical (unpaired) electrons. The molecule has 0 aromatic carbocycles. The normalized spacial score (nSPS) is 28.4. The van der Waals surface area contributed by atoms with Crippen LogP contribution in [0.5, 0.6) is 0 Å². The zero-order valence-corrected chi connectivity index (χ0v) is 16.9. The third-order valence-electron chi connectivity index (χ3n) is 6.89. The Morgan fingerprint density at radius 3 is 2.30 bits per heavy atom. The Morgan fingerprint density at radius 2 is 1.63 bits per heavy atom. The summed E-state index contributed by atoms with van der Waals surface area (Å²) in [6.07, 6.45) is 7.44. The molecule has 4 rings (SSSR count). The minimum absolute atomic E-state index is 0.0598. The molecule has 1 aliphatic carbocycles. The second-order valence-electron chi connectivity index (χ2n) is 8.69. The Balaban J connectivity index is 1.35. The van der Waals surface area contributed by atoms with Gasteiger partial charge in [0.25, 0.3) is 5.91 Å². The maximum absolute atomic E-state index is 13.0. The van der Waals surface area contributed by atoms with Gasteiger partial charge in [0.1, 0.15) is 0 Å². The summed E-state index contributed by atoms with van der Waals surface area (Å²) >= 11 is 0. The van der Waals surface area contributed by atoms with Crippen LogP contribution >= 0.6 is 0 Å². The van der Waals surface area contributed by atoms with Crippen molar-refractivity contribution in [1.82, 2.24) is 30.1 Å². The van der Waals surface area contributed by atoms with Gasteiger partial charge in [0.05, 0.1) is 11.7 Å². The molecule has 3 aliphatic rings. The molecule has 2 saturated heterocycles. The summed E-state index contributed by atoms with van der Waals surface area (Å²) in [5, 5.41) is 12.0. The van der Waals surface area contributed by atoms with Crippen LogP contribution in [0, 0.1) is 12.8 Å². The molecule has 0 unspecified atom stereocenters. The maximum Gasteiger partial charge on any atom is 0.276 e. The lowest BCUT2D eigenvalue weighted by Gasteiger charge is -2.41. The van der Waals surface area contributed by atoms with Gasteiger partial charge >= 0.3 is 0 Å². The van der Waals surface area contributed by atoms with E-state index in [4.69, 9.17) is 0 Å². The molecule has 7 nitrogen and oxygen atoms in total. The molecule has 27 heavy (non-hydrogen) atoms. The van der Waals surface area contributed by atoms with Crippen molar-refractivity contribution in [3.05, 3.63) is 11.4 Å². The van der Waals surface area contributed by atoms with E-state index in [1.807, 2.05) is 16.5 Å². The fraction of sp³-hybridized carbons (Fsp3) is 0.850. The van der Waals surface area contributed by atoms with E-state index < -0.39 is 0 Å². The summed E-state index contributed by atoms with van der Waals surface area (Å²) in [4.78, 5) is 17.6. The van der Waals surface area contributed by atoms with E-state index in [-0.39, 0.29) is 5.91 Å². The third kappa shape index (κ3) is 4.04. The van der Waals surface area contributed by atoms with E-state index in [1.54, 1.807) is 0 Å². The molecule has 0 atom stereocenters. The van der Waals surface area contributed by atoms with Crippen LogP contribution in [0.1, 0.15) is 67.7 Å². The van der Waals surface area contributed by atoms with Gasteiger partial charge < -0.3 is 10.2 Å². The number of aromatic nitrogens is 3. The molecule has 1 saturated carbocycles. The van der Waals surface area contributed by atoms with Crippen LogP contribution in [0.25, 0.3) is 0 Å². The van der Waals surface area contributed by atoms with E-state index in [1.165, 1.54) is 25.7 Å². The average Bonchev–Trinajstić information content (AvgIpc) is 3.10. The van der Waals surface area contributed by atoms with Crippen LogP contribution in [-0.2, 0) is 0 Å². The van der Waals surface area contributed by atoms with Gasteiger partial charge in [-0.15, -0.1) is 5.10 Å². The first-order valence-electron chi connectivity index (χ1n) is 10.8. The number of carbonyl (C=O) groups is 1. The van der Waals surface area contributed by atoms with E-state index in [0.717, 1.165) is 69.8 Å². The number of nitrogens with one attached hydrogen (secondary N) is 1. The standard InChI is InChI=1S/C20H34N6O/c1-15-3-5-17(6-4-15)24-11-13-25(14-12-24)20(27)19-16(2)26(23-22-19)18-7-9-21-10-8-18/h15,17-18,21H,3-14H2,1-2H3. The molecule has 150 valence electrons. The molecule has 0 spiro atoms. The van der Waals surface area contributed by atoms with Crippen LogP contribution in [0.4, 0.5) is 0 Å². The molecule has 1 N–H and O–H groups in total. The lowest BCUT2D eigenvalue weighted by Crippen LogP contribution is -2.52. The third-order valence-corrected chi connectivity index (χ3v) is 6.89. The largest absolute Gasteiger partial charge is 0.335 e. The van der Waals surface area contributed by atoms with Gasteiger partial charge in [0.2, 0.25) is 0 Å². The van der Waals surface area contributed by atoms with Gasteiger partial charge in [-0.2, -0.15) is 0 Å². The first-order chi connectivity index (χ1) is 13.1. The van der Waals surface area contributed by atoms with Crippen molar-refractivity contribution in [2.45, 2.75) is 64.5 Å². The van der Waals surface area contributed by atoms with E-state index in [9.17, 15) is 4.79 Å². The van der Waals surface area contributed by atoms with E-state index in [2.05, 4.69) is 27.5 Å². The highest BCUT2D eigenvalue weighted by Gasteiger charge is 2.31. The Morgan fingerprint density at radius 1 is 0.963 bits per heavy atom. The molecular formula is C20H34N6O. The molecule has 3 heterocycles. The second-order valence-corrected chi connectivity index (χ2v) is 8.69. The van der Waals surface area contributed by atoms with Crippen molar-refractivity contribution in [2.24, 2.45) is 5.92 Å². The summed E-state index contributed by atoms with van der Waals surface area (Å²) in [5.41, 5.74) is 1.48. The maximum atomic E-state index is 13.0. The van der Waals surface area contributed by atoms with Crippen LogP contribution in [-0.4, -0.2) is 76.0 Å². The van der Waals surface area contributed by atoms with Gasteiger partial charge in [-0.05, 0) is 64.5 Å². The average molecular weight is 375 g/mol. The van der Waals surface area contributed by atoms with Crippen LogP contribution in [0.3, 0.4) is 0 Å². The summed E-state index contributed by atoms with van der Waals surface area (Å²) in [5.74, 6) is 0.944. The quantitative estimate of drug-likeness (QED) is 0.875. The predicted octanol–water partition coefficient (Wildman–Crippen LogP) is 1.85. The number of piperidine rings is 1. The molecular weight excluding hydrogens is 340 g/mol. The van der Waals surface area contributed by atoms with Crippen LogP contribution < -0.4 is 5.32 Å². The fourth-order valence-electron chi connectivity index (χ4n) is 4.98. The van der Waals surface area contributed by atoms with E-state index in [0.29, 0.717) is 11.7 Å². The number of piperazine rings is 1. The SMILES string of the molecule is Cc1c(C(=O)N2CCN(C3CCC(C)CC3)CC2)nnn1C1CCNCC1. The Kier molecular flexibility index (Phi) is 5.78. The molecule has 7 heteroatoms. The number of hydrogen-bond acceptors (Lipinski definition) is 5. The molecule has 0 bridgehead atoms. The first kappa shape index (κ1) is 18.9. The number of nitrogens with zero attached hydrogens (tertiary/aromatic N) is 5.